The summed E-state index contributed by atoms with van der Waals surface area (Å²) in [6.45, 7) is 4.60. The van der Waals surface area contributed by atoms with Crippen LogP contribution in [0.3, 0.4) is 0 Å². The van der Waals surface area contributed by atoms with Gasteiger partial charge in [-0.25, -0.2) is 4.39 Å². The van der Waals surface area contributed by atoms with Crippen molar-refractivity contribution in [2.24, 2.45) is 34.5 Å². The van der Waals surface area contributed by atoms with Crippen molar-refractivity contribution >= 4 is 5.78 Å². The van der Waals surface area contributed by atoms with Crippen molar-refractivity contribution < 1.29 is 9.18 Å². The van der Waals surface area contributed by atoms with Crippen LogP contribution in [0, 0.1) is 34.5 Å². The van der Waals surface area contributed by atoms with Gasteiger partial charge in [-0.15, -0.1) is 0 Å². The molecule has 4 aliphatic carbocycles. The maximum absolute atomic E-state index is 14.1. The molecule has 0 aromatic carbocycles. The average Bonchev–Trinajstić information content (AvgIpc) is 2.70. The SMILES string of the molecule is CC12CCC3C(CCC4CCCCC43C)C1CC(F)C2=O. The number of carbonyl (C=O) groups excluding carboxylic acids is 1. The van der Waals surface area contributed by atoms with Gasteiger partial charge in [0, 0.05) is 5.41 Å². The summed E-state index contributed by atoms with van der Waals surface area (Å²) in [7, 11) is 0. The van der Waals surface area contributed by atoms with E-state index in [1.807, 2.05) is 0 Å². The van der Waals surface area contributed by atoms with Crippen LogP contribution in [0.2, 0.25) is 0 Å². The first-order valence-electron chi connectivity index (χ1n) is 9.15. The van der Waals surface area contributed by atoms with E-state index in [9.17, 15) is 9.18 Å². The van der Waals surface area contributed by atoms with Gasteiger partial charge in [0.25, 0.3) is 0 Å². The quantitative estimate of drug-likeness (QED) is 0.618. The Morgan fingerprint density at radius 3 is 2.62 bits per heavy atom. The second-order valence-corrected chi connectivity index (χ2v) is 8.93. The van der Waals surface area contributed by atoms with Crippen LogP contribution in [0.1, 0.15) is 71.6 Å². The fourth-order valence-corrected chi connectivity index (χ4v) is 7.04. The Bertz CT molecular complexity index is 460. The number of halogens is 1. The smallest absolute Gasteiger partial charge is 0.173 e. The zero-order valence-corrected chi connectivity index (χ0v) is 13.5. The molecule has 0 spiro atoms. The van der Waals surface area contributed by atoms with Gasteiger partial charge in [0.2, 0.25) is 0 Å². The zero-order chi connectivity index (χ0) is 14.8. The first kappa shape index (κ1) is 14.2. The van der Waals surface area contributed by atoms with E-state index in [0.29, 0.717) is 23.7 Å². The summed E-state index contributed by atoms with van der Waals surface area (Å²) in [6.07, 6.45) is 9.62. The zero-order valence-electron chi connectivity index (χ0n) is 13.5. The number of rotatable bonds is 0. The lowest BCUT2D eigenvalue weighted by atomic mass is 9.45. The van der Waals surface area contributed by atoms with Crippen LogP contribution in [0.15, 0.2) is 0 Å². The highest BCUT2D eigenvalue weighted by Gasteiger charge is 2.62. The summed E-state index contributed by atoms with van der Waals surface area (Å²) in [5.41, 5.74) is 0.151. The molecule has 0 saturated heterocycles. The Balaban J connectivity index is 1.67. The number of alkyl halides is 1. The van der Waals surface area contributed by atoms with Crippen molar-refractivity contribution in [2.75, 3.05) is 0 Å². The molecular formula is C19H29FO. The minimum Gasteiger partial charge on any atom is -0.296 e. The summed E-state index contributed by atoms with van der Waals surface area (Å²) >= 11 is 0. The molecule has 4 rings (SSSR count). The Hall–Kier alpha value is -0.400. The molecular weight excluding hydrogens is 263 g/mol. The largest absolute Gasteiger partial charge is 0.296 e. The molecule has 4 saturated carbocycles. The lowest BCUT2D eigenvalue weighted by Crippen LogP contribution is -2.52. The van der Waals surface area contributed by atoms with Gasteiger partial charge in [-0.05, 0) is 74.0 Å². The highest BCUT2D eigenvalue weighted by Crippen LogP contribution is 2.65. The van der Waals surface area contributed by atoms with Crippen LogP contribution in [0.25, 0.3) is 0 Å². The molecule has 0 aromatic rings. The molecule has 0 aliphatic heterocycles. The number of fused-ring (bicyclic) bond motifs is 5. The summed E-state index contributed by atoms with van der Waals surface area (Å²) in [5, 5.41) is 0. The predicted molar refractivity (Wildman–Crippen MR) is 81.6 cm³/mol. The summed E-state index contributed by atoms with van der Waals surface area (Å²) in [5.74, 6) is 2.54. The molecule has 0 radical (unpaired) electrons. The van der Waals surface area contributed by atoms with Crippen molar-refractivity contribution in [1.29, 1.82) is 0 Å². The monoisotopic (exact) mass is 292 g/mol. The summed E-state index contributed by atoms with van der Waals surface area (Å²) in [4.78, 5) is 12.3. The van der Waals surface area contributed by atoms with Crippen molar-refractivity contribution in [1.82, 2.24) is 0 Å². The van der Waals surface area contributed by atoms with Gasteiger partial charge in [-0.2, -0.15) is 0 Å². The topological polar surface area (TPSA) is 17.1 Å². The minimum absolute atomic E-state index is 0.0677. The molecule has 7 atom stereocenters. The maximum Gasteiger partial charge on any atom is 0.173 e. The molecule has 4 fully saturated rings. The van der Waals surface area contributed by atoms with E-state index in [-0.39, 0.29) is 11.2 Å². The lowest BCUT2D eigenvalue weighted by molar-refractivity contribution is -0.140. The second-order valence-electron chi connectivity index (χ2n) is 8.93. The van der Waals surface area contributed by atoms with Gasteiger partial charge in [0.15, 0.2) is 12.0 Å². The normalized spacial score (nSPS) is 56.5. The van der Waals surface area contributed by atoms with Crippen molar-refractivity contribution in [3.63, 3.8) is 0 Å². The van der Waals surface area contributed by atoms with Gasteiger partial charge in [-0.3, -0.25) is 4.79 Å². The summed E-state index contributed by atoms with van der Waals surface area (Å²) in [6, 6.07) is 0. The second kappa shape index (κ2) is 4.55. The van der Waals surface area contributed by atoms with Gasteiger partial charge < -0.3 is 0 Å². The van der Waals surface area contributed by atoms with E-state index in [0.717, 1.165) is 18.3 Å². The first-order chi connectivity index (χ1) is 9.97. The molecule has 0 bridgehead atoms. The number of carbonyl (C=O) groups is 1. The third-order valence-corrected chi connectivity index (χ3v) is 8.28. The number of hydrogen-bond donors (Lipinski definition) is 0. The maximum atomic E-state index is 14.1. The fourth-order valence-electron chi connectivity index (χ4n) is 7.04. The molecule has 4 aliphatic rings. The molecule has 2 heteroatoms. The molecule has 7 unspecified atom stereocenters. The third kappa shape index (κ3) is 1.77. The first-order valence-corrected chi connectivity index (χ1v) is 9.15. The van der Waals surface area contributed by atoms with Gasteiger partial charge >= 0.3 is 0 Å². The highest BCUT2D eigenvalue weighted by molar-refractivity contribution is 5.91. The Kier molecular flexibility index (Phi) is 3.08. The molecule has 0 N–H and O–H groups in total. The third-order valence-electron chi connectivity index (χ3n) is 8.28. The standard InChI is InChI=1S/C19H29FO/c1-18-9-4-3-5-12(18)6-7-13-14(18)8-10-19(2)15(13)11-16(20)17(19)21/h12-16H,3-11H2,1-2H3. The lowest BCUT2D eigenvalue weighted by Gasteiger charge is -2.59. The predicted octanol–water partition coefficient (Wildman–Crippen LogP) is 4.94. The van der Waals surface area contributed by atoms with E-state index in [1.165, 1.54) is 44.9 Å². The van der Waals surface area contributed by atoms with Crippen LogP contribution < -0.4 is 0 Å². The van der Waals surface area contributed by atoms with Crippen LogP contribution >= 0.6 is 0 Å². The van der Waals surface area contributed by atoms with E-state index in [2.05, 4.69) is 13.8 Å². The van der Waals surface area contributed by atoms with Crippen LogP contribution in [0.4, 0.5) is 4.39 Å². The Labute approximate surface area is 128 Å². The fraction of sp³-hybridized carbons (Fsp3) is 0.947. The van der Waals surface area contributed by atoms with Crippen LogP contribution in [-0.2, 0) is 4.79 Å². The molecule has 0 amide bonds. The van der Waals surface area contributed by atoms with Crippen molar-refractivity contribution in [3.05, 3.63) is 0 Å². The highest BCUT2D eigenvalue weighted by atomic mass is 19.1. The Morgan fingerprint density at radius 2 is 1.81 bits per heavy atom. The van der Waals surface area contributed by atoms with Crippen LogP contribution in [-0.4, -0.2) is 12.0 Å². The van der Waals surface area contributed by atoms with E-state index < -0.39 is 6.17 Å². The molecule has 21 heavy (non-hydrogen) atoms. The van der Waals surface area contributed by atoms with Gasteiger partial charge in [-0.1, -0.05) is 26.7 Å². The molecule has 118 valence electrons. The van der Waals surface area contributed by atoms with Crippen LogP contribution in [0.5, 0.6) is 0 Å². The summed E-state index contributed by atoms with van der Waals surface area (Å²) < 4.78 is 14.1. The number of Topliss-reactive ketones (excluding diaryl/α,β-unsaturated/α-hetero) is 1. The molecule has 1 nitrogen and oxygen atoms in total. The minimum atomic E-state index is -1.17. The molecule has 0 heterocycles. The molecule has 0 aromatic heterocycles. The van der Waals surface area contributed by atoms with Crippen molar-refractivity contribution in [2.45, 2.75) is 77.8 Å². The van der Waals surface area contributed by atoms with Crippen molar-refractivity contribution in [3.8, 4) is 0 Å². The van der Waals surface area contributed by atoms with E-state index in [1.54, 1.807) is 0 Å². The van der Waals surface area contributed by atoms with E-state index in [4.69, 9.17) is 0 Å². The Morgan fingerprint density at radius 1 is 1.00 bits per heavy atom. The number of ketones is 1. The average molecular weight is 292 g/mol. The van der Waals surface area contributed by atoms with Gasteiger partial charge in [0.05, 0.1) is 0 Å². The van der Waals surface area contributed by atoms with Gasteiger partial charge in [0.1, 0.15) is 0 Å². The number of hydrogen-bond acceptors (Lipinski definition) is 1. The van der Waals surface area contributed by atoms with E-state index >= 15 is 0 Å².